The predicted molar refractivity (Wildman–Crippen MR) is 52.0 cm³/mol. The molecule has 0 aliphatic rings. The third kappa shape index (κ3) is 5.40. The van der Waals surface area contributed by atoms with E-state index in [-0.39, 0.29) is 0 Å². The minimum absolute atomic E-state index is 0.406. The van der Waals surface area contributed by atoms with Crippen molar-refractivity contribution >= 4 is 15.0 Å². The lowest BCUT2D eigenvalue weighted by Crippen LogP contribution is -2.28. The van der Waals surface area contributed by atoms with Gasteiger partial charge >= 0.3 is 15.0 Å². The Bertz CT molecular complexity index is 340. The van der Waals surface area contributed by atoms with Crippen LogP contribution in [0.15, 0.2) is 30.3 Å². The Hall–Kier alpha value is -1.50. The second kappa shape index (κ2) is 5.55. The minimum Gasteiger partial charge on any atom is -0.482 e. The highest BCUT2D eigenvalue weighted by Crippen LogP contribution is 2.10. The maximum absolute atomic E-state index is 11.8. The van der Waals surface area contributed by atoms with Crippen LogP contribution >= 0.6 is 0 Å². The summed E-state index contributed by atoms with van der Waals surface area (Å²) < 4.78 is 44.3. The summed E-state index contributed by atoms with van der Waals surface area (Å²) in [5.74, 6) is -0.614. The largest absolute Gasteiger partial charge is 0.656 e. The molecule has 0 unspecified atom stereocenters. The van der Waals surface area contributed by atoms with Crippen molar-refractivity contribution in [1.29, 1.82) is 0 Å². The monoisotopic (exact) mass is 250 g/mol. The number of halogens is 3. The number of rotatable bonds is 5. The van der Waals surface area contributed by atoms with Crippen LogP contribution in [0.4, 0.5) is 12.3 Å². The normalized spacial score (nSPS) is 10.9. The van der Waals surface area contributed by atoms with Crippen LogP contribution in [0.3, 0.4) is 0 Å². The number of carbonyl (C=O) groups excluding carboxylic acids is 1. The topological polar surface area (TPSA) is 35.5 Å². The first kappa shape index (κ1) is 12.6. The summed E-state index contributed by atoms with van der Waals surface area (Å²) in [6.45, 7) is -0.519. The molecule has 0 spiro atoms. The van der Waals surface area contributed by atoms with E-state index in [1.54, 1.807) is 30.3 Å². The zero-order valence-corrected chi connectivity index (χ0v) is 9.16. The maximum atomic E-state index is 11.8. The number of hydrogen-bond donors (Lipinski definition) is 0. The Morgan fingerprint density at radius 2 is 1.81 bits per heavy atom. The average Bonchev–Trinajstić information content (AvgIpc) is 2.24. The van der Waals surface area contributed by atoms with E-state index < -0.39 is 27.9 Å². The third-order valence-electron chi connectivity index (χ3n) is 1.50. The van der Waals surface area contributed by atoms with Gasteiger partial charge in [0.25, 0.3) is 0 Å². The molecule has 1 aromatic carbocycles. The molecule has 0 saturated heterocycles. The highest BCUT2D eigenvalue weighted by Gasteiger charge is 2.39. The Labute approximate surface area is 91.3 Å². The van der Waals surface area contributed by atoms with E-state index in [1.165, 1.54) is 0 Å². The first-order valence-electron chi connectivity index (χ1n) is 4.37. The smallest absolute Gasteiger partial charge is 0.482 e. The lowest BCUT2D eigenvalue weighted by Gasteiger charge is -2.07. The van der Waals surface area contributed by atoms with Crippen molar-refractivity contribution < 1.29 is 26.6 Å². The number of carbonyl (C=O) groups is 1. The van der Waals surface area contributed by atoms with Crippen LogP contribution < -0.4 is 4.74 Å². The molecule has 0 radical (unpaired) electrons. The highest BCUT2D eigenvalue weighted by molar-refractivity contribution is 6.58. The van der Waals surface area contributed by atoms with E-state index in [0.29, 0.717) is 5.75 Å². The van der Waals surface area contributed by atoms with Crippen molar-refractivity contribution in [1.82, 2.24) is 0 Å². The molecule has 0 aliphatic carbocycles. The second-order valence-corrected chi connectivity index (χ2v) is 4.40. The maximum Gasteiger partial charge on any atom is 0.656 e. The number of hydrogen-bond acceptors (Lipinski definition) is 3. The van der Waals surface area contributed by atoms with Gasteiger partial charge in [0.05, 0.1) is 0 Å². The van der Waals surface area contributed by atoms with Crippen LogP contribution in [-0.4, -0.2) is 27.9 Å². The molecule has 0 fully saturated rings. The van der Waals surface area contributed by atoms with E-state index in [9.17, 15) is 17.1 Å². The van der Waals surface area contributed by atoms with Gasteiger partial charge in [-0.05, 0) is 12.1 Å². The second-order valence-electron chi connectivity index (χ2n) is 2.88. The molecule has 0 atom stereocenters. The molecule has 88 valence electrons. The summed E-state index contributed by atoms with van der Waals surface area (Å²) in [5.41, 5.74) is 0. The van der Waals surface area contributed by atoms with Crippen LogP contribution in [0, 0.1) is 0 Å². The van der Waals surface area contributed by atoms with Gasteiger partial charge in [0.2, 0.25) is 0 Å². The van der Waals surface area contributed by atoms with E-state index in [4.69, 9.17) is 4.74 Å². The molecule has 0 aliphatic heterocycles. The highest BCUT2D eigenvalue weighted by atomic mass is 28.5. The fraction of sp³-hybridized carbons (Fsp3) is 0.222. The molecule has 7 heteroatoms. The summed E-state index contributed by atoms with van der Waals surface area (Å²) in [5, 5.41) is 0. The van der Waals surface area contributed by atoms with Crippen molar-refractivity contribution in [2.75, 3.05) is 12.8 Å². The van der Waals surface area contributed by atoms with Crippen molar-refractivity contribution in [3.63, 3.8) is 0 Å². The SMILES string of the molecule is O=C(COc1ccccc1)OC[Si](F)(F)F. The molecule has 1 aromatic rings. The van der Waals surface area contributed by atoms with Crippen LogP contribution in [0.25, 0.3) is 0 Å². The predicted octanol–water partition coefficient (Wildman–Crippen LogP) is 2.00. The lowest BCUT2D eigenvalue weighted by molar-refractivity contribution is -0.144. The quantitative estimate of drug-likeness (QED) is 0.455. The number of para-hydroxylation sites is 1. The molecule has 0 heterocycles. The lowest BCUT2D eigenvalue weighted by atomic mass is 10.3. The molecule has 0 saturated carbocycles. The van der Waals surface area contributed by atoms with E-state index >= 15 is 0 Å². The van der Waals surface area contributed by atoms with E-state index in [1.807, 2.05) is 0 Å². The third-order valence-corrected chi connectivity index (χ3v) is 1.97. The summed E-state index contributed by atoms with van der Waals surface area (Å²) in [4.78, 5) is 10.8. The standard InChI is InChI=1S/C9H9F3O3Si/c10-16(11,12)7-15-9(13)6-14-8-4-2-1-3-5-8/h1-5H,6-7H2. The van der Waals surface area contributed by atoms with Crippen molar-refractivity contribution in [3.8, 4) is 5.75 Å². The van der Waals surface area contributed by atoms with Gasteiger partial charge in [-0.25, -0.2) is 17.1 Å². The van der Waals surface area contributed by atoms with Gasteiger partial charge in [0, 0.05) is 0 Å². The Morgan fingerprint density at radius 1 is 1.19 bits per heavy atom. The van der Waals surface area contributed by atoms with Gasteiger partial charge in [0.1, 0.15) is 5.75 Å². The number of benzene rings is 1. The zero-order chi connectivity index (χ0) is 12.0. The average molecular weight is 250 g/mol. The minimum atomic E-state index is -5.83. The molecular weight excluding hydrogens is 241 g/mol. The van der Waals surface area contributed by atoms with Crippen LogP contribution in [0.2, 0.25) is 0 Å². The van der Waals surface area contributed by atoms with Gasteiger partial charge in [-0.2, -0.15) is 0 Å². The fourth-order valence-electron chi connectivity index (χ4n) is 0.863. The molecule has 0 amide bonds. The molecule has 16 heavy (non-hydrogen) atoms. The molecular formula is C9H9F3O3Si. The first-order valence-corrected chi connectivity index (χ1v) is 6.22. The summed E-state index contributed by atoms with van der Waals surface area (Å²) >= 11 is 0. The van der Waals surface area contributed by atoms with Crippen molar-refractivity contribution in [2.24, 2.45) is 0 Å². The first-order chi connectivity index (χ1) is 7.47. The van der Waals surface area contributed by atoms with Gasteiger partial charge < -0.3 is 9.47 Å². The van der Waals surface area contributed by atoms with E-state index in [0.717, 1.165) is 0 Å². The van der Waals surface area contributed by atoms with Gasteiger partial charge in [0.15, 0.2) is 12.8 Å². The number of esters is 1. The Balaban J connectivity index is 2.26. The number of ether oxygens (including phenoxy) is 2. The Kier molecular flexibility index (Phi) is 4.35. The van der Waals surface area contributed by atoms with Gasteiger partial charge in [-0.15, -0.1) is 0 Å². The summed E-state index contributed by atoms with van der Waals surface area (Å²) in [6, 6.07) is 8.30. The zero-order valence-electron chi connectivity index (χ0n) is 8.16. The molecule has 1 rings (SSSR count). The van der Waals surface area contributed by atoms with Crippen LogP contribution in [0.5, 0.6) is 5.75 Å². The Morgan fingerprint density at radius 3 is 2.38 bits per heavy atom. The molecule has 0 aromatic heterocycles. The molecule has 0 bridgehead atoms. The molecule has 3 nitrogen and oxygen atoms in total. The molecule has 0 N–H and O–H groups in total. The van der Waals surface area contributed by atoms with Crippen molar-refractivity contribution in [3.05, 3.63) is 30.3 Å². The van der Waals surface area contributed by atoms with Crippen LogP contribution in [-0.2, 0) is 9.53 Å². The van der Waals surface area contributed by atoms with Crippen LogP contribution in [0.1, 0.15) is 0 Å². The van der Waals surface area contributed by atoms with Gasteiger partial charge in [-0.3, -0.25) is 0 Å². The van der Waals surface area contributed by atoms with Gasteiger partial charge in [-0.1, -0.05) is 18.2 Å². The van der Waals surface area contributed by atoms with Crippen molar-refractivity contribution in [2.45, 2.75) is 0 Å². The summed E-state index contributed by atoms with van der Waals surface area (Å²) in [7, 11) is -5.83. The van der Waals surface area contributed by atoms with E-state index in [2.05, 4.69) is 4.74 Å². The summed E-state index contributed by atoms with van der Waals surface area (Å²) in [6.07, 6.45) is -1.45. The fourth-order valence-corrected chi connectivity index (χ4v) is 1.19.